The van der Waals surface area contributed by atoms with Gasteiger partial charge in [0, 0.05) is 51.6 Å². The highest BCUT2D eigenvalue weighted by atomic mass is 79.9. The minimum Gasteiger partial charge on any atom is -0.176 e. The average Bonchev–Trinajstić information content (AvgIpc) is 3.27. The first-order valence-corrected chi connectivity index (χ1v) is 14.2. The molecule has 0 fully saturated rings. The van der Waals surface area contributed by atoms with Gasteiger partial charge in [-0.25, -0.2) is 0 Å². The summed E-state index contributed by atoms with van der Waals surface area (Å²) in [4.78, 5) is 0. The summed E-state index contributed by atoms with van der Waals surface area (Å²) in [6.45, 7) is 6.73. The zero-order valence-corrected chi connectivity index (χ0v) is 23.7. The molecule has 0 aliphatic rings. The second-order valence-corrected chi connectivity index (χ2v) is 11.1. The van der Waals surface area contributed by atoms with Gasteiger partial charge in [-0.1, -0.05) is 89.9 Å². The summed E-state index contributed by atoms with van der Waals surface area (Å²) in [6.07, 6.45) is 1.12. The summed E-state index contributed by atoms with van der Waals surface area (Å²) in [5.74, 6) is 0.521. The molecule has 0 spiro atoms. The van der Waals surface area contributed by atoms with E-state index in [1.165, 1.54) is 50.0 Å². The van der Waals surface area contributed by atoms with E-state index in [9.17, 15) is 0 Å². The van der Waals surface area contributed by atoms with Crippen LogP contribution in [-0.4, -0.2) is 4.68 Å². The van der Waals surface area contributed by atoms with Crippen molar-refractivity contribution >= 4 is 54.8 Å². The third-order valence-electron chi connectivity index (χ3n) is 7.87. The van der Waals surface area contributed by atoms with Crippen molar-refractivity contribution in [2.24, 2.45) is 0 Å². The van der Waals surface area contributed by atoms with Crippen LogP contribution in [0.1, 0.15) is 37.3 Å². The van der Waals surface area contributed by atoms with E-state index in [-0.39, 0.29) is 0 Å². The van der Waals surface area contributed by atoms with Crippen molar-refractivity contribution in [3.05, 3.63) is 137 Å². The van der Waals surface area contributed by atoms with Gasteiger partial charge in [0.2, 0.25) is 0 Å². The van der Waals surface area contributed by atoms with Crippen molar-refractivity contribution in [2.45, 2.75) is 33.1 Å². The van der Waals surface area contributed by atoms with Crippen molar-refractivity contribution in [1.29, 1.82) is 0 Å². The molecule has 1 atom stereocenters. The summed E-state index contributed by atoms with van der Waals surface area (Å²) in [7, 11) is 0. The van der Waals surface area contributed by atoms with E-state index >= 15 is 0 Å². The first kappa shape index (κ1) is 24.7. The van der Waals surface area contributed by atoms with Crippen LogP contribution in [0, 0.1) is 6.92 Å². The van der Waals surface area contributed by atoms with Crippen LogP contribution in [0.15, 0.2) is 126 Å². The Bertz CT molecular complexity index is 1620. The lowest BCUT2D eigenvalue weighted by atomic mass is 9.98. The van der Waals surface area contributed by atoms with Gasteiger partial charge in [0.05, 0.1) is 0 Å². The number of halogens is 1. The number of aryl methyl sites for hydroxylation is 1. The molecule has 1 heterocycles. The molecule has 38 heavy (non-hydrogen) atoms. The van der Waals surface area contributed by atoms with Gasteiger partial charge in [-0.3, -0.25) is 0 Å². The third-order valence-corrected chi connectivity index (χ3v) is 8.36. The minimum absolute atomic E-state index is 0.424. The summed E-state index contributed by atoms with van der Waals surface area (Å²) in [5, 5.41) is 2.50. The molecule has 1 unspecified atom stereocenters. The summed E-state index contributed by atoms with van der Waals surface area (Å²) in [5.41, 5.74) is 8.56. The van der Waals surface area contributed by atoms with Crippen molar-refractivity contribution < 1.29 is 0 Å². The zero-order chi connectivity index (χ0) is 26.3. The molecule has 0 saturated heterocycles. The van der Waals surface area contributed by atoms with E-state index in [1.807, 2.05) is 0 Å². The standard InChI is InChI=1S/C35H32BrN2/c1-4-26(3)27-16-19-31(20-17-27)38(29-11-7-5-8-12-29,30-13-9-6-10-14-30)37-34-21-15-25(2)23-32(34)33-24-28(36)18-22-35(33)37/h5-24,26H,4H2,1-3H3/q+1. The first-order valence-electron chi connectivity index (χ1n) is 13.4. The topological polar surface area (TPSA) is 4.93 Å². The Hall–Kier alpha value is -3.66. The van der Waals surface area contributed by atoms with E-state index in [0.717, 1.165) is 10.9 Å². The normalized spacial score (nSPS) is 12.7. The second-order valence-electron chi connectivity index (χ2n) is 10.2. The first-order chi connectivity index (χ1) is 18.5. The number of aromatic nitrogens is 1. The van der Waals surface area contributed by atoms with Crippen molar-refractivity contribution in [1.82, 2.24) is 9.27 Å². The molecule has 0 radical (unpaired) electrons. The lowest BCUT2D eigenvalue weighted by molar-refractivity contribution is 0.446. The molecule has 0 aliphatic carbocycles. The molecule has 0 amide bonds. The molecular formula is C35H32BrN2+. The summed E-state index contributed by atoms with van der Waals surface area (Å²) < 4.78 is 4.02. The van der Waals surface area contributed by atoms with Crippen LogP contribution < -0.4 is 4.59 Å². The Morgan fingerprint density at radius 1 is 0.658 bits per heavy atom. The smallest absolute Gasteiger partial charge is 0.168 e. The molecule has 3 heteroatoms. The molecule has 0 N–H and O–H groups in total. The molecule has 6 aromatic rings. The molecule has 0 bridgehead atoms. The number of benzene rings is 5. The predicted octanol–water partition coefficient (Wildman–Crippen LogP) is 10.8. The maximum atomic E-state index is 3.75. The van der Waals surface area contributed by atoms with Crippen LogP contribution in [0.3, 0.4) is 0 Å². The lowest BCUT2D eigenvalue weighted by Crippen LogP contribution is -2.44. The van der Waals surface area contributed by atoms with Gasteiger partial charge >= 0.3 is 0 Å². The van der Waals surface area contributed by atoms with Crippen LogP contribution in [0.5, 0.6) is 0 Å². The highest BCUT2D eigenvalue weighted by Crippen LogP contribution is 2.48. The fourth-order valence-electron chi connectivity index (χ4n) is 5.75. The monoisotopic (exact) mass is 559 g/mol. The van der Waals surface area contributed by atoms with E-state index in [4.69, 9.17) is 0 Å². The van der Waals surface area contributed by atoms with Crippen LogP contribution >= 0.6 is 15.9 Å². The Morgan fingerprint density at radius 2 is 1.18 bits per heavy atom. The number of rotatable bonds is 6. The molecule has 0 saturated carbocycles. The van der Waals surface area contributed by atoms with Crippen molar-refractivity contribution in [2.75, 3.05) is 0 Å². The van der Waals surface area contributed by atoms with Gasteiger partial charge in [0.25, 0.3) is 0 Å². The van der Waals surface area contributed by atoms with Gasteiger partial charge in [-0.05, 0) is 55.2 Å². The van der Waals surface area contributed by atoms with Gasteiger partial charge in [-0.15, -0.1) is 4.59 Å². The van der Waals surface area contributed by atoms with Gasteiger partial charge < -0.3 is 0 Å². The minimum atomic E-state index is 0.424. The van der Waals surface area contributed by atoms with E-state index < -0.39 is 0 Å². The Kier molecular flexibility index (Phi) is 6.43. The molecule has 1 aromatic heterocycles. The fraction of sp³-hybridized carbons (Fsp3) is 0.143. The number of hydrogen-bond donors (Lipinski definition) is 0. The molecular weight excluding hydrogens is 528 g/mol. The maximum Gasteiger partial charge on any atom is 0.168 e. The van der Waals surface area contributed by atoms with Crippen molar-refractivity contribution in [3.8, 4) is 0 Å². The highest BCUT2D eigenvalue weighted by molar-refractivity contribution is 9.10. The van der Waals surface area contributed by atoms with Crippen LogP contribution in [0.25, 0.3) is 21.8 Å². The number of quaternary nitrogens is 1. The largest absolute Gasteiger partial charge is 0.176 e. The van der Waals surface area contributed by atoms with Crippen LogP contribution in [-0.2, 0) is 0 Å². The highest BCUT2D eigenvalue weighted by Gasteiger charge is 2.41. The number of nitrogens with zero attached hydrogens (tertiary/aromatic N) is 2. The second kappa shape index (κ2) is 9.90. The fourth-order valence-corrected chi connectivity index (χ4v) is 6.11. The lowest BCUT2D eigenvalue weighted by Gasteiger charge is -2.38. The number of hydrogen-bond acceptors (Lipinski definition) is 0. The zero-order valence-electron chi connectivity index (χ0n) is 22.1. The van der Waals surface area contributed by atoms with Crippen LogP contribution in [0.4, 0.5) is 17.1 Å². The SMILES string of the molecule is CCC(C)c1ccc([N+](c2ccccc2)(c2ccccc2)n2c3ccc(C)cc3c3cc(Br)ccc32)cc1. The summed E-state index contributed by atoms with van der Waals surface area (Å²) >= 11 is 3.75. The molecule has 2 nitrogen and oxygen atoms in total. The average molecular weight is 561 g/mol. The predicted molar refractivity (Wildman–Crippen MR) is 166 cm³/mol. The Morgan fingerprint density at radius 3 is 1.76 bits per heavy atom. The maximum absolute atomic E-state index is 3.75. The number of fused-ring (bicyclic) bond motifs is 3. The molecule has 5 aromatic carbocycles. The Labute approximate surface area is 233 Å². The molecule has 0 aliphatic heterocycles. The van der Waals surface area contributed by atoms with Gasteiger partial charge in [-0.2, -0.15) is 4.68 Å². The molecule has 188 valence electrons. The van der Waals surface area contributed by atoms with Gasteiger partial charge in [0.15, 0.2) is 17.1 Å². The molecule has 6 rings (SSSR count). The quantitative estimate of drug-likeness (QED) is 0.179. The Balaban J connectivity index is 1.82. The third kappa shape index (κ3) is 3.89. The van der Waals surface area contributed by atoms with E-state index in [1.54, 1.807) is 0 Å². The van der Waals surface area contributed by atoms with E-state index in [0.29, 0.717) is 10.5 Å². The number of para-hydroxylation sites is 2. The van der Waals surface area contributed by atoms with Gasteiger partial charge in [0.1, 0.15) is 11.0 Å². The summed E-state index contributed by atoms with van der Waals surface area (Å²) in [6, 6.07) is 44.6. The van der Waals surface area contributed by atoms with E-state index in [2.05, 4.69) is 163 Å². The van der Waals surface area contributed by atoms with Crippen LogP contribution in [0.2, 0.25) is 0 Å². The van der Waals surface area contributed by atoms with Crippen molar-refractivity contribution in [3.63, 3.8) is 0 Å².